The van der Waals surface area contributed by atoms with Gasteiger partial charge in [0.25, 0.3) is 0 Å². The summed E-state index contributed by atoms with van der Waals surface area (Å²) in [7, 11) is 3.34. The van der Waals surface area contributed by atoms with Gasteiger partial charge in [0.05, 0.1) is 20.3 Å². The highest BCUT2D eigenvalue weighted by Gasteiger charge is 2.28. The van der Waals surface area contributed by atoms with E-state index in [1.807, 2.05) is 12.1 Å². The number of rotatable bonds is 2. The predicted octanol–water partition coefficient (Wildman–Crippen LogP) is 1.80. The van der Waals surface area contributed by atoms with Gasteiger partial charge in [-0.2, -0.15) is 0 Å². The Hall–Kier alpha value is -1.22. The zero-order valence-corrected chi connectivity index (χ0v) is 9.99. The van der Waals surface area contributed by atoms with Crippen LogP contribution in [0.3, 0.4) is 0 Å². The Morgan fingerprint density at radius 1 is 1.06 bits per heavy atom. The molecule has 1 aromatic carbocycles. The van der Waals surface area contributed by atoms with Crippen molar-refractivity contribution in [1.29, 1.82) is 0 Å². The van der Waals surface area contributed by atoms with Crippen LogP contribution in [0.1, 0.15) is 18.1 Å². The van der Waals surface area contributed by atoms with E-state index < -0.39 is 0 Å². The fourth-order valence-electron chi connectivity index (χ4n) is 2.35. The fraction of sp³-hybridized carbons (Fsp3) is 0.538. The summed E-state index contributed by atoms with van der Waals surface area (Å²) in [4.78, 5) is 0. The lowest BCUT2D eigenvalue weighted by Crippen LogP contribution is -2.28. The van der Waals surface area contributed by atoms with Gasteiger partial charge in [0, 0.05) is 17.5 Å². The number of aliphatic hydroxyl groups is 1. The summed E-state index contributed by atoms with van der Waals surface area (Å²) in [6.45, 7) is 2.06. The van der Waals surface area contributed by atoms with Gasteiger partial charge in [0.2, 0.25) is 0 Å². The molecule has 2 rings (SSSR count). The van der Waals surface area contributed by atoms with Gasteiger partial charge in [-0.1, -0.05) is 6.92 Å². The minimum absolute atomic E-state index is 0.272. The molecule has 0 saturated carbocycles. The number of hydrogen-bond donors (Lipinski definition) is 1. The summed E-state index contributed by atoms with van der Waals surface area (Å²) in [6.07, 6.45) is 1.21. The highest BCUT2D eigenvalue weighted by Crippen LogP contribution is 2.37. The van der Waals surface area contributed by atoms with E-state index in [1.165, 1.54) is 5.56 Å². The second-order valence-corrected chi connectivity index (χ2v) is 4.38. The fourth-order valence-corrected chi connectivity index (χ4v) is 2.35. The molecule has 0 unspecified atom stereocenters. The van der Waals surface area contributed by atoms with Gasteiger partial charge >= 0.3 is 0 Å². The first-order chi connectivity index (χ1) is 7.67. The maximum absolute atomic E-state index is 9.91. The number of ether oxygens (including phenoxy) is 2. The largest absolute Gasteiger partial charge is 0.496 e. The second kappa shape index (κ2) is 4.34. The van der Waals surface area contributed by atoms with Gasteiger partial charge in [-0.25, -0.2) is 0 Å². The molecule has 16 heavy (non-hydrogen) atoms. The molecule has 0 fully saturated rings. The molecule has 0 aromatic heterocycles. The van der Waals surface area contributed by atoms with E-state index >= 15 is 0 Å². The first-order valence-corrected chi connectivity index (χ1v) is 5.58. The van der Waals surface area contributed by atoms with Gasteiger partial charge in [-0.3, -0.25) is 0 Å². The van der Waals surface area contributed by atoms with Crippen LogP contribution in [0.15, 0.2) is 12.1 Å². The molecule has 0 saturated heterocycles. The van der Waals surface area contributed by atoms with Crippen LogP contribution in [0.5, 0.6) is 11.5 Å². The Morgan fingerprint density at radius 3 is 2.06 bits per heavy atom. The Kier molecular flexibility index (Phi) is 3.06. The van der Waals surface area contributed by atoms with Crippen molar-refractivity contribution in [3.8, 4) is 11.5 Å². The number of aliphatic hydroxyl groups excluding tert-OH is 1. The molecule has 1 aliphatic carbocycles. The van der Waals surface area contributed by atoms with Gasteiger partial charge in [0.15, 0.2) is 0 Å². The lowest BCUT2D eigenvalue weighted by atomic mass is 9.82. The number of methoxy groups -OCH3 is 2. The van der Waals surface area contributed by atoms with Gasteiger partial charge < -0.3 is 14.6 Å². The summed E-state index contributed by atoms with van der Waals surface area (Å²) >= 11 is 0. The Morgan fingerprint density at radius 2 is 1.56 bits per heavy atom. The van der Waals surface area contributed by atoms with Crippen molar-refractivity contribution < 1.29 is 14.6 Å². The van der Waals surface area contributed by atoms with Crippen molar-refractivity contribution in [2.45, 2.75) is 25.9 Å². The maximum Gasteiger partial charge on any atom is 0.122 e. The SMILES string of the molecule is COc1ccc(OC)c2c1C[C@H](C)[C@@H](O)C2. The van der Waals surface area contributed by atoms with Crippen LogP contribution >= 0.6 is 0 Å². The number of hydrogen-bond acceptors (Lipinski definition) is 3. The van der Waals surface area contributed by atoms with Crippen molar-refractivity contribution in [3.05, 3.63) is 23.3 Å². The zero-order valence-electron chi connectivity index (χ0n) is 9.99. The molecule has 2 atom stereocenters. The molecule has 0 amide bonds. The normalized spacial score (nSPS) is 23.8. The minimum atomic E-state index is -0.284. The van der Waals surface area contributed by atoms with E-state index in [2.05, 4.69) is 6.92 Å². The number of benzene rings is 1. The first-order valence-electron chi connectivity index (χ1n) is 5.58. The molecular weight excluding hydrogens is 204 g/mol. The van der Waals surface area contributed by atoms with Gasteiger partial charge in [0.1, 0.15) is 11.5 Å². The second-order valence-electron chi connectivity index (χ2n) is 4.38. The van der Waals surface area contributed by atoms with Crippen LogP contribution in [-0.4, -0.2) is 25.4 Å². The number of fused-ring (bicyclic) bond motifs is 1. The van der Waals surface area contributed by atoms with Crippen LogP contribution in [0.4, 0.5) is 0 Å². The monoisotopic (exact) mass is 222 g/mol. The summed E-state index contributed by atoms with van der Waals surface area (Å²) in [5, 5.41) is 9.91. The van der Waals surface area contributed by atoms with E-state index in [9.17, 15) is 5.11 Å². The summed E-state index contributed by atoms with van der Waals surface area (Å²) in [5.74, 6) is 2.02. The predicted molar refractivity (Wildman–Crippen MR) is 62.1 cm³/mol. The standard InChI is InChI=1S/C13H18O3/c1-8-6-9-10(7-11(8)14)13(16-3)5-4-12(9)15-2/h4-5,8,11,14H,6-7H2,1-3H3/t8-,11-/m0/s1. The van der Waals surface area contributed by atoms with Crippen molar-refractivity contribution in [2.75, 3.05) is 14.2 Å². The highest BCUT2D eigenvalue weighted by atomic mass is 16.5. The topological polar surface area (TPSA) is 38.7 Å². The van der Waals surface area contributed by atoms with Crippen LogP contribution in [0.25, 0.3) is 0 Å². The molecule has 0 aliphatic heterocycles. The first kappa shape index (κ1) is 11.3. The summed E-state index contributed by atoms with van der Waals surface area (Å²) in [6, 6.07) is 3.84. The minimum Gasteiger partial charge on any atom is -0.496 e. The lowest BCUT2D eigenvalue weighted by molar-refractivity contribution is 0.107. The van der Waals surface area contributed by atoms with Crippen LogP contribution in [-0.2, 0) is 12.8 Å². The molecule has 1 aromatic rings. The Balaban J connectivity index is 2.50. The lowest BCUT2D eigenvalue weighted by Gasteiger charge is -2.29. The molecule has 0 radical (unpaired) electrons. The van der Waals surface area contributed by atoms with E-state index in [4.69, 9.17) is 9.47 Å². The van der Waals surface area contributed by atoms with Crippen molar-refractivity contribution in [1.82, 2.24) is 0 Å². The van der Waals surface area contributed by atoms with E-state index in [0.29, 0.717) is 6.42 Å². The van der Waals surface area contributed by atoms with Crippen LogP contribution in [0.2, 0.25) is 0 Å². The molecule has 1 aliphatic rings. The van der Waals surface area contributed by atoms with Gasteiger partial charge in [-0.15, -0.1) is 0 Å². The molecule has 0 spiro atoms. The van der Waals surface area contributed by atoms with Crippen LogP contribution in [0, 0.1) is 5.92 Å². The average Bonchev–Trinajstić information content (AvgIpc) is 2.29. The Bertz CT molecular complexity index is 350. The molecular formula is C13H18O3. The highest BCUT2D eigenvalue weighted by molar-refractivity contribution is 5.50. The Labute approximate surface area is 96.0 Å². The molecule has 0 bridgehead atoms. The van der Waals surface area contributed by atoms with E-state index in [1.54, 1.807) is 14.2 Å². The van der Waals surface area contributed by atoms with Gasteiger partial charge in [-0.05, 0) is 24.5 Å². The smallest absolute Gasteiger partial charge is 0.122 e. The van der Waals surface area contributed by atoms with E-state index in [-0.39, 0.29) is 12.0 Å². The van der Waals surface area contributed by atoms with Crippen molar-refractivity contribution in [3.63, 3.8) is 0 Å². The third kappa shape index (κ3) is 1.76. The molecule has 0 heterocycles. The average molecular weight is 222 g/mol. The van der Waals surface area contributed by atoms with Crippen molar-refractivity contribution >= 4 is 0 Å². The molecule has 3 nitrogen and oxygen atoms in total. The van der Waals surface area contributed by atoms with Crippen LogP contribution < -0.4 is 9.47 Å². The molecule has 1 N–H and O–H groups in total. The summed E-state index contributed by atoms with van der Waals surface area (Å²) < 4.78 is 10.7. The zero-order chi connectivity index (χ0) is 11.7. The third-order valence-corrected chi connectivity index (χ3v) is 3.38. The van der Waals surface area contributed by atoms with Crippen molar-refractivity contribution in [2.24, 2.45) is 5.92 Å². The third-order valence-electron chi connectivity index (χ3n) is 3.38. The summed E-state index contributed by atoms with van der Waals surface area (Å²) in [5.41, 5.74) is 2.27. The van der Waals surface area contributed by atoms with E-state index in [0.717, 1.165) is 23.5 Å². The maximum atomic E-state index is 9.91. The molecule has 88 valence electrons. The quantitative estimate of drug-likeness (QED) is 0.829. The molecule has 3 heteroatoms.